The molecule has 2 aromatic rings. The second-order valence-electron chi connectivity index (χ2n) is 5.25. The Bertz CT molecular complexity index is 810. The van der Waals surface area contributed by atoms with Crippen LogP contribution in [0.3, 0.4) is 0 Å². The highest BCUT2D eigenvalue weighted by Gasteiger charge is 2.17. The van der Waals surface area contributed by atoms with Gasteiger partial charge in [0.05, 0.1) is 16.1 Å². The molecule has 0 saturated heterocycles. The zero-order valence-corrected chi connectivity index (χ0v) is 16.7. The van der Waals surface area contributed by atoms with Gasteiger partial charge in [0, 0.05) is 22.3 Å². The summed E-state index contributed by atoms with van der Waals surface area (Å²) in [6, 6.07) is 8.69. The molecule has 2 aromatic carbocycles. The van der Waals surface area contributed by atoms with Crippen LogP contribution in [0.25, 0.3) is 0 Å². The molecule has 0 fully saturated rings. The van der Waals surface area contributed by atoms with Gasteiger partial charge in [-0.25, -0.2) is 4.39 Å². The van der Waals surface area contributed by atoms with Crippen molar-refractivity contribution in [1.29, 1.82) is 0 Å². The molecule has 4 nitrogen and oxygen atoms in total. The second-order valence-corrected chi connectivity index (χ2v) is 6.82. The van der Waals surface area contributed by atoms with E-state index >= 15 is 0 Å². The molecule has 132 valence electrons. The van der Waals surface area contributed by atoms with Crippen LogP contribution < -0.4 is 5.32 Å². The van der Waals surface area contributed by atoms with Crippen LogP contribution >= 0.6 is 34.2 Å². The molecule has 1 N–H and O–H groups in total. The molecule has 2 amide bonds. The van der Waals surface area contributed by atoms with E-state index in [4.69, 9.17) is 11.6 Å². The maximum atomic E-state index is 13.1. The van der Waals surface area contributed by atoms with Crippen LogP contribution in [0.1, 0.15) is 34.6 Å². The summed E-state index contributed by atoms with van der Waals surface area (Å²) in [5.74, 6) is -0.924. The molecule has 0 aliphatic rings. The minimum absolute atomic E-state index is 0.152. The van der Waals surface area contributed by atoms with Crippen molar-refractivity contribution in [2.24, 2.45) is 0 Å². The summed E-state index contributed by atoms with van der Waals surface area (Å²) < 4.78 is 13.7. The summed E-state index contributed by atoms with van der Waals surface area (Å²) in [6.07, 6.45) is 0. The first-order valence-corrected chi connectivity index (χ1v) is 9.18. The van der Waals surface area contributed by atoms with Crippen LogP contribution in [0.5, 0.6) is 0 Å². The van der Waals surface area contributed by atoms with Gasteiger partial charge in [0.25, 0.3) is 11.8 Å². The molecule has 25 heavy (non-hydrogen) atoms. The molecule has 0 aliphatic heterocycles. The van der Waals surface area contributed by atoms with E-state index in [1.807, 2.05) is 36.4 Å². The smallest absolute Gasteiger partial charge is 0.256 e. The van der Waals surface area contributed by atoms with E-state index in [0.29, 0.717) is 33.5 Å². The summed E-state index contributed by atoms with van der Waals surface area (Å²) in [6.45, 7) is 4.97. The average Bonchev–Trinajstić information content (AvgIpc) is 2.55. The number of carbonyl (C=O) groups is 2. The van der Waals surface area contributed by atoms with Crippen LogP contribution in [-0.2, 0) is 0 Å². The van der Waals surface area contributed by atoms with E-state index in [1.165, 1.54) is 24.3 Å². The quantitative estimate of drug-likeness (QED) is 0.632. The molecular weight excluding hydrogens is 458 g/mol. The zero-order valence-electron chi connectivity index (χ0n) is 13.8. The van der Waals surface area contributed by atoms with E-state index in [2.05, 4.69) is 5.32 Å². The van der Waals surface area contributed by atoms with Gasteiger partial charge in [0.2, 0.25) is 0 Å². The van der Waals surface area contributed by atoms with Crippen molar-refractivity contribution >= 4 is 51.7 Å². The molecule has 0 heterocycles. The largest absolute Gasteiger partial charge is 0.339 e. The summed E-state index contributed by atoms with van der Waals surface area (Å²) in [5, 5.41) is 2.97. The molecule has 0 aliphatic carbocycles. The molecule has 0 aromatic heterocycles. The summed E-state index contributed by atoms with van der Waals surface area (Å²) in [5.41, 5.74) is 1.22. The predicted octanol–water partition coefficient (Wildman–Crippen LogP) is 4.82. The number of hydrogen-bond donors (Lipinski definition) is 1. The van der Waals surface area contributed by atoms with Crippen LogP contribution in [0.4, 0.5) is 10.1 Å². The molecule has 7 heteroatoms. The highest BCUT2D eigenvalue weighted by Crippen LogP contribution is 2.23. The first-order chi connectivity index (χ1) is 11.9. The van der Waals surface area contributed by atoms with Gasteiger partial charge in [0.15, 0.2) is 0 Å². The van der Waals surface area contributed by atoms with Gasteiger partial charge in [-0.2, -0.15) is 0 Å². The average molecular weight is 475 g/mol. The molecule has 0 spiro atoms. The standard InChI is InChI=1S/C18H17ClFIN2O2/c1-3-23(4-2)18(25)13-8-6-12(10-15(13)19)22-17(24)14-7-5-11(20)9-16(14)21/h5-10H,3-4H2,1-2H3,(H,22,24). The molecular formula is C18H17ClFIN2O2. The Kier molecular flexibility index (Phi) is 6.78. The lowest BCUT2D eigenvalue weighted by molar-refractivity contribution is 0.0773. The number of nitrogens with one attached hydrogen (secondary N) is 1. The number of nitrogens with zero attached hydrogens (tertiary/aromatic N) is 1. The van der Waals surface area contributed by atoms with Gasteiger partial charge in [-0.05, 0) is 72.8 Å². The number of hydrogen-bond acceptors (Lipinski definition) is 2. The molecule has 2 rings (SSSR count). The van der Waals surface area contributed by atoms with Crippen LogP contribution in [-0.4, -0.2) is 29.8 Å². The fraction of sp³-hybridized carbons (Fsp3) is 0.222. The Labute approximate surface area is 164 Å². The minimum Gasteiger partial charge on any atom is -0.339 e. The van der Waals surface area contributed by atoms with E-state index in [0.717, 1.165) is 0 Å². The van der Waals surface area contributed by atoms with E-state index in [-0.39, 0.29) is 16.8 Å². The number of benzene rings is 2. The summed E-state index contributed by atoms with van der Waals surface area (Å²) >= 11 is 8.12. The van der Waals surface area contributed by atoms with Crippen molar-refractivity contribution in [3.8, 4) is 0 Å². The van der Waals surface area contributed by atoms with Crippen molar-refractivity contribution in [3.63, 3.8) is 0 Å². The molecule has 0 saturated carbocycles. The topological polar surface area (TPSA) is 49.4 Å². The lowest BCUT2D eigenvalue weighted by Gasteiger charge is -2.19. The van der Waals surface area contributed by atoms with Crippen LogP contribution in [0, 0.1) is 9.39 Å². The Balaban J connectivity index is 2.20. The van der Waals surface area contributed by atoms with E-state index < -0.39 is 5.82 Å². The molecule has 0 atom stereocenters. The third-order valence-electron chi connectivity index (χ3n) is 3.68. The Hall–Kier alpha value is -1.67. The monoisotopic (exact) mass is 474 g/mol. The van der Waals surface area contributed by atoms with Crippen LogP contribution in [0.15, 0.2) is 36.4 Å². The second kappa shape index (κ2) is 8.62. The van der Waals surface area contributed by atoms with E-state index in [1.54, 1.807) is 17.0 Å². The molecule has 0 bridgehead atoms. The third kappa shape index (κ3) is 4.70. The third-order valence-corrected chi connectivity index (χ3v) is 4.89. The van der Waals surface area contributed by atoms with Gasteiger partial charge < -0.3 is 10.2 Å². The van der Waals surface area contributed by atoms with Gasteiger partial charge in [-0.15, -0.1) is 0 Å². The maximum Gasteiger partial charge on any atom is 0.256 e. The highest BCUT2D eigenvalue weighted by atomic mass is 127. The van der Waals surface area contributed by atoms with Gasteiger partial charge in [-0.1, -0.05) is 11.6 Å². The Morgan fingerprint density at radius 3 is 2.32 bits per heavy atom. The lowest BCUT2D eigenvalue weighted by Crippen LogP contribution is -2.30. The van der Waals surface area contributed by atoms with Crippen molar-refractivity contribution in [2.75, 3.05) is 18.4 Å². The lowest BCUT2D eigenvalue weighted by atomic mass is 10.1. The van der Waals surface area contributed by atoms with Gasteiger partial charge >= 0.3 is 0 Å². The van der Waals surface area contributed by atoms with Crippen LogP contribution in [0.2, 0.25) is 5.02 Å². The van der Waals surface area contributed by atoms with E-state index in [9.17, 15) is 14.0 Å². The van der Waals surface area contributed by atoms with Gasteiger partial charge in [-0.3, -0.25) is 9.59 Å². The van der Waals surface area contributed by atoms with Crippen molar-refractivity contribution in [3.05, 3.63) is 61.9 Å². The number of anilines is 1. The zero-order chi connectivity index (χ0) is 18.6. The van der Waals surface area contributed by atoms with Crippen molar-refractivity contribution in [2.45, 2.75) is 13.8 Å². The Morgan fingerprint density at radius 2 is 1.76 bits per heavy atom. The number of amides is 2. The summed E-state index contributed by atoms with van der Waals surface area (Å²) in [7, 11) is 0. The molecule has 0 unspecified atom stereocenters. The SMILES string of the molecule is CCN(CC)C(=O)c1ccc(NC(=O)c2ccc(F)cc2I)cc1Cl. The summed E-state index contributed by atoms with van der Waals surface area (Å²) in [4.78, 5) is 26.4. The number of halogens is 3. The van der Waals surface area contributed by atoms with Crippen molar-refractivity contribution in [1.82, 2.24) is 4.90 Å². The maximum absolute atomic E-state index is 13.1. The first-order valence-electron chi connectivity index (χ1n) is 7.72. The predicted molar refractivity (Wildman–Crippen MR) is 106 cm³/mol. The normalized spacial score (nSPS) is 10.4. The van der Waals surface area contributed by atoms with Crippen molar-refractivity contribution < 1.29 is 14.0 Å². The highest BCUT2D eigenvalue weighted by molar-refractivity contribution is 14.1. The fourth-order valence-corrected chi connectivity index (χ4v) is 3.30. The fourth-order valence-electron chi connectivity index (χ4n) is 2.32. The molecule has 0 radical (unpaired) electrons. The Morgan fingerprint density at radius 1 is 1.12 bits per heavy atom. The van der Waals surface area contributed by atoms with Gasteiger partial charge in [0.1, 0.15) is 5.82 Å². The first kappa shape index (κ1) is 19.7. The number of rotatable bonds is 5. The minimum atomic E-state index is -0.400. The number of carbonyl (C=O) groups excluding carboxylic acids is 2.